The van der Waals surface area contributed by atoms with Gasteiger partial charge in [-0.25, -0.2) is 9.37 Å². The van der Waals surface area contributed by atoms with Crippen LogP contribution in [0.1, 0.15) is 31.0 Å². The molecule has 4 nitrogen and oxygen atoms in total. The van der Waals surface area contributed by atoms with Crippen LogP contribution < -0.4 is 0 Å². The van der Waals surface area contributed by atoms with Gasteiger partial charge in [-0.15, -0.1) is 0 Å². The predicted molar refractivity (Wildman–Crippen MR) is 64.9 cm³/mol. The molecule has 2 heterocycles. The van der Waals surface area contributed by atoms with E-state index in [9.17, 15) is 9.18 Å². The Morgan fingerprint density at radius 1 is 1.56 bits per heavy atom. The number of carbonyl (C=O) groups is 1. The Morgan fingerprint density at radius 2 is 2.28 bits per heavy atom. The van der Waals surface area contributed by atoms with Crippen LogP contribution in [0.5, 0.6) is 0 Å². The van der Waals surface area contributed by atoms with Crippen molar-refractivity contribution in [3.63, 3.8) is 0 Å². The fourth-order valence-electron chi connectivity index (χ4n) is 1.72. The minimum atomic E-state index is -0.451. The first-order valence-corrected chi connectivity index (χ1v) is 5.84. The van der Waals surface area contributed by atoms with Crippen molar-refractivity contribution in [3.05, 3.63) is 35.5 Å². The highest BCUT2D eigenvalue weighted by atomic mass is 19.1. The van der Waals surface area contributed by atoms with Gasteiger partial charge in [0.1, 0.15) is 11.5 Å². The number of pyridine rings is 1. The molecular weight excluding hydrogens is 235 g/mol. The minimum Gasteiger partial charge on any atom is -0.465 e. The number of carbonyl (C=O) groups excluding carboxylic acids is 1. The normalized spacial score (nSPS) is 12.7. The van der Waals surface area contributed by atoms with E-state index >= 15 is 0 Å². The third-order valence-electron chi connectivity index (χ3n) is 2.84. The minimum absolute atomic E-state index is 0.296. The average molecular weight is 250 g/mol. The van der Waals surface area contributed by atoms with E-state index < -0.39 is 5.92 Å². The lowest BCUT2D eigenvalue weighted by atomic mass is 10.1. The van der Waals surface area contributed by atoms with Crippen LogP contribution in [0.25, 0.3) is 5.65 Å². The molecule has 0 saturated carbocycles. The molecule has 0 N–H and O–H groups in total. The number of aryl methyl sites for hydroxylation is 1. The van der Waals surface area contributed by atoms with Crippen LogP contribution in [-0.4, -0.2) is 22.0 Å². The smallest absolute Gasteiger partial charge is 0.314 e. The van der Waals surface area contributed by atoms with Gasteiger partial charge in [-0.3, -0.25) is 4.79 Å². The van der Waals surface area contributed by atoms with Gasteiger partial charge in [0, 0.05) is 12.4 Å². The van der Waals surface area contributed by atoms with Crippen LogP contribution in [0.2, 0.25) is 0 Å². The number of esters is 1. The highest BCUT2D eigenvalue weighted by molar-refractivity contribution is 5.77. The van der Waals surface area contributed by atoms with Crippen molar-refractivity contribution in [2.45, 2.75) is 26.7 Å². The van der Waals surface area contributed by atoms with E-state index in [4.69, 9.17) is 4.74 Å². The number of halogens is 1. The van der Waals surface area contributed by atoms with Gasteiger partial charge in [-0.1, -0.05) is 0 Å². The Morgan fingerprint density at radius 3 is 2.94 bits per heavy atom. The Balaban J connectivity index is 2.38. The highest BCUT2D eigenvalue weighted by Crippen LogP contribution is 2.18. The van der Waals surface area contributed by atoms with Crippen LogP contribution in [0.4, 0.5) is 4.39 Å². The molecule has 1 unspecified atom stereocenters. The van der Waals surface area contributed by atoms with Crippen molar-refractivity contribution in [2.24, 2.45) is 0 Å². The van der Waals surface area contributed by atoms with Gasteiger partial charge in [0.05, 0.1) is 18.2 Å². The number of fused-ring (bicyclic) bond motifs is 1. The SMILES string of the molecule is CCOC(=O)C(C)c1cn2cc(F)c(C)cc2n1. The lowest BCUT2D eigenvalue weighted by Crippen LogP contribution is -2.13. The largest absolute Gasteiger partial charge is 0.465 e. The Hall–Kier alpha value is -1.91. The molecule has 0 radical (unpaired) electrons. The molecule has 18 heavy (non-hydrogen) atoms. The van der Waals surface area contributed by atoms with Gasteiger partial charge < -0.3 is 9.14 Å². The van der Waals surface area contributed by atoms with Crippen molar-refractivity contribution >= 4 is 11.6 Å². The third-order valence-corrected chi connectivity index (χ3v) is 2.84. The molecule has 1 atom stereocenters. The van der Waals surface area contributed by atoms with E-state index in [1.807, 2.05) is 0 Å². The van der Waals surface area contributed by atoms with E-state index in [1.54, 1.807) is 37.4 Å². The summed E-state index contributed by atoms with van der Waals surface area (Å²) in [5, 5.41) is 0. The predicted octanol–water partition coefficient (Wildman–Crippen LogP) is 2.45. The molecule has 0 saturated heterocycles. The Bertz CT molecular complexity index is 553. The molecule has 0 fully saturated rings. The first-order valence-electron chi connectivity index (χ1n) is 5.84. The summed E-state index contributed by atoms with van der Waals surface area (Å²) in [6, 6.07) is 1.65. The van der Waals surface area contributed by atoms with E-state index in [0.717, 1.165) is 0 Å². The van der Waals surface area contributed by atoms with Crippen molar-refractivity contribution in [3.8, 4) is 0 Å². The Labute approximate surface area is 104 Å². The zero-order valence-electron chi connectivity index (χ0n) is 10.6. The first kappa shape index (κ1) is 12.5. The van der Waals surface area contributed by atoms with Gasteiger partial charge in [-0.2, -0.15) is 0 Å². The molecule has 2 aromatic rings. The maximum absolute atomic E-state index is 13.4. The summed E-state index contributed by atoms with van der Waals surface area (Å²) in [5.74, 6) is -1.07. The number of hydrogen-bond donors (Lipinski definition) is 0. The molecule has 0 aliphatic carbocycles. The fraction of sp³-hybridized carbons (Fsp3) is 0.385. The number of aromatic nitrogens is 2. The molecule has 2 aromatic heterocycles. The molecule has 0 bridgehead atoms. The lowest BCUT2D eigenvalue weighted by Gasteiger charge is -2.06. The van der Waals surface area contributed by atoms with Gasteiger partial charge >= 0.3 is 5.97 Å². The third kappa shape index (κ3) is 2.20. The maximum atomic E-state index is 13.4. The second kappa shape index (κ2) is 4.76. The Kier molecular flexibility index (Phi) is 3.32. The zero-order valence-corrected chi connectivity index (χ0v) is 10.6. The van der Waals surface area contributed by atoms with Crippen molar-refractivity contribution in [2.75, 3.05) is 6.61 Å². The number of nitrogens with zero attached hydrogens (tertiary/aromatic N) is 2. The molecule has 96 valence electrons. The summed E-state index contributed by atoms with van der Waals surface area (Å²) in [5.41, 5.74) is 1.74. The monoisotopic (exact) mass is 250 g/mol. The molecule has 0 amide bonds. The van der Waals surface area contributed by atoms with Crippen molar-refractivity contribution in [1.29, 1.82) is 0 Å². The van der Waals surface area contributed by atoms with Crippen molar-refractivity contribution in [1.82, 2.24) is 9.38 Å². The van der Waals surface area contributed by atoms with Crippen LogP contribution in [0.15, 0.2) is 18.5 Å². The molecule has 0 aliphatic rings. The number of imidazole rings is 1. The molecular formula is C13H15FN2O2. The number of rotatable bonds is 3. The van der Waals surface area contributed by atoms with E-state index in [-0.39, 0.29) is 11.8 Å². The zero-order chi connectivity index (χ0) is 13.3. The van der Waals surface area contributed by atoms with E-state index in [1.165, 1.54) is 6.20 Å². The summed E-state index contributed by atoms with van der Waals surface area (Å²) < 4.78 is 19.9. The number of ether oxygens (including phenoxy) is 1. The summed E-state index contributed by atoms with van der Waals surface area (Å²) >= 11 is 0. The van der Waals surface area contributed by atoms with Gasteiger partial charge in [0.15, 0.2) is 0 Å². The maximum Gasteiger partial charge on any atom is 0.314 e. The molecule has 0 aromatic carbocycles. The topological polar surface area (TPSA) is 43.6 Å². The van der Waals surface area contributed by atoms with Crippen LogP contribution in [0, 0.1) is 12.7 Å². The second-order valence-electron chi connectivity index (χ2n) is 4.21. The van der Waals surface area contributed by atoms with E-state index in [2.05, 4.69) is 4.98 Å². The molecule has 2 rings (SSSR count). The average Bonchev–Trinajstić information content (AvgIpc) is 2.72. The lowest BCUT2D eigenvalue weighted by molar-refractivity contribution is -0.144. The van der Waals surface area contributed by atoms with Crippen molar-refractivity contribution < 1.29 is 13.9 Å². The van der Waals surface area contributed by atoms with Crippen LogP contribution >= 0.6 is 0 Å². The number of hydrogen-bond acceptors (Lipinski definition) is 3. The van der Waals surface area contributed by atoms with Gasteiger partial charge in [-0.05, 0) is 32.4 Å². The fourth-order valence-corrected chi connectivity index (χ4v) is 1.72. The van der Waals surface area contributed by atoms with Gasteiger partial charge in [0.25, 0.3) is 0 Å². The summed E-state index contributed by atoms with van der Waals surface area (Å²) in [7, 11) is 0. The van der Waals surface area contributed by atoms with Gasteiger partial charge in [0.2, 0.25) is 0 Å². The summed E-state index contributed by atoms with van der Waals surface area (Å²) in [6.07, 6.45) is 3.01. The quantitative estimate of drug-likeness (QED) is 0.786. The standard InChI is InChI=1S/C13H15FN2O2/c1-4-18-13(17)9(3)11-7-16-6-10(14)8(2)5-12(16)15-11/h5-7,9H,4H2,1-3H3. The van der Waals surface area contributed by atoms with Crippen LogP contribution in [0.3, 0.4) is 0 Å². The molecule has 0 spiro atoms. The van der Waals surface area contributed by atoms with Crippen LogP contribution in [-0.2, 0) is 9.53 Å². The van der Waals surface area contributed by atoms with E-state index in [0.29, 0.717) is 23.5 Å². The first-order chi connectivity index (χ1) is 8.52. The summed E-state index contributed by atoms with van der Waals surface area (Å²) in [4.78, 5) is 15.9. The summed E-state index contributed by atoms with van der Waals surface area (Å²) in [6.45, 7) is 5.50. The highest BCUT2D eigenvalue weighted by Gasteiger charge is 2.19. The second-order valence-corrected chi connectivity index (χ2v) is 4.21. The molecule has 5 heteroatoms. The molecule has 0 aliphatic heterocycles.